The molecule has 0 saturated carbocycles. The molecular weight excluding hydrogens is 428 g/mol. The molecule has 3 rings (SSSR count). The molecule has 1 fully saturated rings. The third-order valence-corrected chi connectivity index (χ3v) is 7.80. The fraction of sp³-hybridized carbons (Fsp3) is 0.417. The molecule has 172 valence electrons. The van der Waals surface area contributed by atoms with Crippen LogP contribution in [0.5, 0.6) is 0 Å². The Morgan fingerprint density at radius 3 is 2.28 bits per heavy atom. The molecule has 8 heteroatoms. The Morgan fingerprint density at radius 2 is 1.66 bits per heavy atom. The third-order valence-electron chi connectivity index (χ3n) is 5.74. The van der Waals surface area contributed by atoms with Crippen molar-refractivity contribution < 1.29 is 22.7 Å². The smallest absolute Gasteiger partial charge is 0.306 e. The van der Waals surface area contributed by atoms with Gasteiger partial charge in [-0.1, -0.05) is 55.0 Å². The molecule has 1 aliphatic heterocycles. The van der Waals surface area contributed by atoms with Crippen LogP contribution in [0.15, 0.2) is 53.4 Å². The molecule has 1 aliphatic rings. The van der Waals surface area contributed by atoms with E-state index in [-0.39, 0.29) is 51.0 Å². The van der Waals surface area contributed by atoms with Gasteiger partial charge in [0.1, 0.15) is 0 Å². The molecule has 0 bridgehead atoms. The van der Waals surface area contributed by atoms with E-state index >= 15 is 0 Å². The maximum absolute atomic E-state index is 13.0. The molecule has 1 atom stereocenters. The minimum atomic E-state index is -3.61. The van der Waals surface area contributed by atoms with Gasteiger partial charge in [0.2, 0.25) is 10.0 Å². The van der Waals surface area contributed by atoms with Crippen molar-refractivity contribution in [1.29, 1.82) is 0 Å². The lowest BCUT2D eigenvalue weighted by atomic mass is 9.98. The Kier molecular flexibility index (Phi) is 7.69. The average molecular weight is 459 g/mol. The number of benzene rings is 2. The summed E-state index contributed by atoms with van der Waals surface area (Å²) < 4.78 is 32.5. The maximum atomic E-state index is 13.0. The summed E-state index contributed by atoms with van der Waals surface area (Å²) in [4.78, 5) is 26.4. The van der Waals surface area contributed by atoms with Crippen molar-refractivity contribution >= 4 is 21.9 Å². The highest BCUT2D eigenvalue weighted by Crippen LogP contribution is 2.22. The number of nitrogens with zero attached hydrogens (tertiary/aromatic N) is 2. The van der Waals surface area contributed by atoms with Crippen LogP contribution in [-0.2, 0) is 24.3 Å². The van der Waals surface area contributed by atoms with Crippen LogP contribution in [0.25, 0.3) is 0 Å². The maximum Gasteiger partial charge on any atom is 0.306 e. The number of piperazine rings is 1. The lowest BCUT2D eigenvalue weighted by Gasteiger charge is -2.34. The van der Waals surface area contributed by atoms with Crippen molar-refractivity contribution in [3.63, 3.8) is 0 Å². The third kappa shape index (κ3) is 5.75. The number of aryl methyl sites for hydroxylation is 2. The van der Waals surface area contributed by atoms with Crippen molar-refractivity contribution in [2.45, 2.75) is 38.0 Å². The standard InChI is InChI=1S/C24H30N2O5S/c1-18-9-10-22(20(3)15-18)32(29,30)26-13-11-25(12-14-26)23(27)17-31-24(28)16-19(2)21-7-5-4-6-8-21/h4-10,15,19H,11-14,16-17H2,1-3H3. The molecule has 0 spiro atoms. The van der Waals surface area contributed by atoms with E-state index in [2.05, 4.69) is 0 Å². The molecule has 2 aromatic rings. The largest absolute Gasteiger partial charge is 0.456 e. The second-order valence-corrected chi connectivity index (χ2v) is 10.1. The zero-order valence-corrected chi connectivity index (χ0v) is 19.6. The molecule has 32 heavy (non-hydrogen) atoms. The van der Waals surface area contributed by atoms with E-state index in [4.69, 9.17) is 4.74 Å². The Labute approximate surface area is 190 Å². The van der Waals surface area contributed by atoms with E-state index in [1.165, 1.54) is 4.31 Å². The minimum Gasteiger partial charge on any atom is -0.456 e. The van der Waals surface area contributed by atoms with Gasteiger partial charge < -0.3 is 9.64 Å². The molecule has 2 aromatic carbocycles. The van der Waals surface area contributed by atoms with Crippen molar-refractivity contribution in [3.8, 4) is 0 Å². The van der Waals surface area contributed by atoms with Crippen LogP contribution in [0.2, 0.25) is 0 Å². The Morgan fingerprint density at radius 1 is 1.00 bits per heavy atom. The summed E-state index contributed by atoms with van der Waals surface area (Å²) in [5, 5.41) is 0. The van der Waals surface area contributed by atoms with E-state index in [1.807, 2.05) is 50.2 Å². The summed E-state index contributed by atoms with van der Waals surface area (Å²) in [7, 11) is -3.61. The second-order valence-electron chi connectivity index (χ2n) is 8.23. The van der Waals surface area contributed by atoms with Crippen LogP contribution < -0.4 is 0 Å². The van der Waals surface area contributed by atoms with Gasteiger partial charge in [0.05, 0.1) is 11.3 Å². The number of carbonyl (C=O) groups excluding carboxylic acids is 2. The fourth-order valence-corrected chi connectivity index (χ4v) is 5.48. The first-order chi connectivity index (χ1) is 15.2. The summed E-state index contributed by atoms with van der Waals surface area (Å²) in [5.74, 6) is -0.738. The zero-order valence-electron chi connectivity index (χ0n) is 18.8. The molecule has 7 nitrogen and oxygen atoms in total. The van der Waals surface area contributed by atoms with Crippen molar-refractivity contribution in [2.75, 3.05) is 32.8 Å². The zero-order chi connectivity index (χ0) is 23.3. The van der Waals surface area contributed by atoms with Gasteiger partial charge in [-0.3, -0.25) is 9.59 Å². The Bertz CT molecular complexity index is 1060. The topological polar surface area (TPSA) is 84.0 Å². The number of amides is 1. The monoisotopic (exact) mass is 458 g/mol. The van der Waals surface area contributed by atoms with Gasteiger partial charge in [-0.05, 0) is 37.0 Å². The summed E-state index contributed by atoms with van der Waals surface area (Å²) >= 11 is 0. The van der Waals surface area contributed by atoms with Crippen molar-refractivity contribution in [2.24, 2.45) is 0 Å². The van der Waals surface area contributed by atoms with Gasteiger partial charge in [-0.15, -0.1) is 0 Å². The van der Waals surface area contributed by atoms with E-state index < -0.39 is 16.0 Å². The van der Waals surface area contributed by atoms with Crippen LogP contribution in [-0.4, -0.2) is 62.3 Å². The fourth-order valence-electron chi connectivity index (χ4n) is 3.85. The van der Waals surface area contributed by atoms with Gasteiger partial charge in [-0.2, -0.15) is 4.31 Å². The van der Waals surface area contributed by atoms with Gasteiger partial charge in [0.15, 0.2) is 6.61 Å². The van der Waals surface area contributed by atoms with Gasteiger partial charge in [0, 0.05) is 26.2 Å². The summed E-state index contributed by atoms with van der Waals surface area (Å²) in [6, 6.07) is 14.9. The van der Waals surface area contributed by atoms with Crippen molar-refractivity contribution in [1.82, 2.24) is 9.21 Å². The molecule has 0 radical (unpaired) electrons. The summed E-state index contributed by atoms with van der Waals surface area (Å²) in [5.41, 5.74) is 2.75. The van der Waals surface area contributed by atoms with Crippen LogP contribution >= 0.6 is 0 Å². The van der Waals surface area contributed by atoms with Crippen molar-refractivity contribution in [3.05, 3.63) is 65.2 Å². The Balaban J connectivity index is 1.48. The first-order valence-electron chi connectivity index (χ1n) is 10.7. The van der Waals surface area contributed by atoms with E-state index in [0.29, 0.717) is 10.5 Å². The predicted octanol–water partition coefficient (Wildman–Crippen LogP) is 2.87. The van der Waals surface area contributed by atoms with Gasteiger partial charge >= 0.3 is 5.97 Å². The van der Waals surface area contributed by atoms with Crippen LogP contribution in [0.1, 0.15) is 36.0 Å². The van der Waals surface area contributed by atoms with Crippen LogP contribution in [0.3, 0.4) is 0 Å². The number of hydrogen-bond donors (Lipinski definition) is 0. The van der Waals surface area contributed by atoms with Crippen LogP contribution in [0.4, 0.5) is 0 Å². The Hall–Kier alpha value is -2.71. The number of rotatable bonds is 7. The quantitative estimate of drug-likeness (QED) is 0.596. The van der Waals surface area contributed by atoms with Crippen LogP contribution in [0, 0.1) is 13.8 Å². The molecule has 1 amide bonds. The van der Waals surface area contributed by atoms with E-state index in [1.54, 1.807) is 24.0 Å². The number of esters is 1. The van der Waals surface area contributed by atoms with Gasteiger partial charge in [0.25, 0.3) is 5.91 Å². The average Bonchev–Trinajstić information content (AvgIpc) is 2.78. The molecular formula is C24H30N2O5S. The SMILES string of the molecule is Cc1ccc(S(=O)(=O)N2CCN(C(=O)COC(=O)CC(C)c3ccccc3)CC2)c(C)c1. The van der Waals surface area contributed by atoms with Gasteiger partial charge in [-0.25, -0.2) is 8.42 Å². The molecule has 0 N–H and O–H groups in total. The molecule has 0 aliphatic carbocycles. The van der Waals surface area contributed by atoms with E-state index in [0.717, 1.165) is 11.1 Å². The predicted molar refractivity (Wildman–Crippen MR) is 122 cm³/mol. The minimum absolute atomic E-state index is 0.00205. The lowest BCUT2D eigenvalue weighted by Crippen LogP contribution is -2.51. The molecule has 1 unspecified atom stereocenters. The summed E-state index contributed by atoms with van der Waals surface area (Å²) in [6.45, 7) is 6.26. The molecule has 0 aromatic heterocycles. The number of carbonyl (C=O) groups is 2. The number of sulfonamides is 1. The highest BCUT2D eigenvalue weighted by Gasteiger charge is 2.31. The highest BCUT2D eigenvalue weighted by molar-refractivity contribution is 7.89. The lowest BCUT2D eigenvalue weighted by molar-refractivity contribution is -0.152. The first-order valence-corrected chi connectivity index (χ1v) is 12.2. The van der Waals surface area contributed by atoms with E-state index in [9.17, 15) is 18.0 Å². The number of hydrogen-bond acceptors (Lipinski definition) is 5. The normalized spacial score (nSPS) is 15.9. The molecule has 1 heterocycles. The number of ether oxygens (including phenoxy) is 1. The highest BCUT2D eigenvalue weighted by atomic mass is 32.2. The first kappa shape index (κ1) is 23.9. The second kappa shape index (κ2) is 10.3. The summed E-state index contributed by atoms with van der Waals surface area (Å²) in [6.07, 6.45) is 0.194. The molecule has 1 saturated heterocycles.